The number of amides is 1. The first-order valence-electron chi connectivity index (χ1n) is 7.46. The van der Waals surface area contributed by atoms with Crippen LogP contribution in [0, 0.1) is 0 Å². The van der Waals surface area contributed by atoms with Crippen molar-refractivity contribution in [2.24, 2.45) is 0 Å². The molecule has 0 atom stereocenters. The van der Waals surface area contributed by atoms with E-state index >= 15 is 0 Å². The molecule has 4 nitrogen and oxygen atoms in total. The second kappa shape index (κ2) is 6.80. The lowest BCUT2D eigenvalue weighted by molar-refractivity contribution is -0.121. The Morgan fingerprint density at radius 3 is 2.90 bits per heavy atom. The summed E-state index contributed by atoms with van der Waals surface area (Å²) < 4.78 is 0. The van der Waals surface area contributed by atoms with Crippen LogP contribution in [0.25, 0.3) is 11.4 Å². The van der Waals surface area contributed by atoms with Gasteiger partial charge >= 0.3 is 0 Å². The van der Waals surface area contributed by atoms with E-state index in [4.69, 9.17) is 0 Å². The predicted molar refractivity (Wildman–Crippen MR) is 84.1 cm³/mol. The molecular formula is C16H19N3OS. The van der Waals surface area contributed by atoms with Gasteiger partial charge in [-0.2, -0.15) is 0 Å². The summed E-state index contributed by atoms with van der Waals surface area (Å²) in [4.78, 5) is 20.8. The molecule has 0 aromatic carbocycles. The maximum absolute atomic E-state index is 11.9. The summed E-state index contributed by atoms with van der Waals surface area (Å²) in [5, 5.41) is 6.12. The zero-order chi connectivity index (χ0) is 14.5. The topological polar surface area (TPSA) is 54.9 Å². The van der Waals surface area contributed by atoms with Crippen molar-refractivity contribution in [2.75, 3.05) is 0 Å². The van der Waals surface area contributed by atoms with E-state index in [1.54, 1.807) is 17.5 Å². The Morgan fingerprint density at radius 1 is 1.29 bits per heavy atom. The van der Waals surface area contributed by atoms with Crippen LogP contribution >= 0.6 is 11.3 Å². The second-order valence-electron chi connectivity index (χ2n) is 5.39. The van der Waals surface area contributed by atoms with E-state index in [1.165, 1.54) is 12.8 Å². The molecule has 2 heterocycles. The minimum Gasteiger partial charge on any atom is -0.353 e. The highest BCUT2D eigenvalue weighted by Gasteiger charge is 2.17. The predicted octanol–water partition coefficient (Wildman–Crippen LogP) is 3.20. The molecule has 0 bridgehead atoms. The molecule has 1 aliphatic rings. The summed E-state index contributed by atoms with van der Waals surface area (Å²) in [6.07, 6.45) is 7.74. The number of aryl methyl sites for hydroxylation is 1. The molecule has 3 rings (SSSR count). The maximum Gasteiger partial charge on any atom is 0.220 e. The van der Waals surface area contributed by atoms with E-state index in [2.05, 4.69) is 15.3 Å². The highest BCUT2D eigenvalue weighted by atomic mass is 32.1. The van der Waals surface area contributed by atoms with Crippen molar-refractivity contribution in [2.45, 2.75) is 44.6 Å². The van der Waals surface area contributed by atoms with Crippen LogP contribution in [0.3, 0.4) is 0 Å². The van der Waals surface area contributed by atoms with Gasteiger partial charge in [0.1, 0.15) is 0 Å². The van der Waals surface area contributed by atoms with Crippen molar-refractivity contribution in [3.8, 4) is 11.4 Å². The molecule has 0 unspecified atom stereocenters. The quantitative estimate of drug-likeness (QED) is 0.922. The number of thiazole rings is 1. The van der Waals surface area contributed by atoms with Gasteiger partial charge in [0.25, 0.3) is 0 Å². The normalized spacial score (nSPS) is 15.2. The van der Waals surface area contributed by atoms with Crippen molar-refractivity contribution in [1.82, 2.24) is 15.3 Å². The third-order valence-electron chi connectivity index (χ3n) is 3.77. The van der Waals surface area contributed by atoms with Crippen molar-refractivity contribution in [3.05, 3.63) is 34.8 Å². The summed E-state index contributed by atoms with van der Waals surface area (Å²) in [6, 6.07) is 6.20. The van der Waals surface area contributed by atoms with Gasteiger partial charge in [0, 0.05) is 30.5 Å². The molecule has 110 valence electrons. The van der Waals surface area contributed by atoms with Gasteiger partial charge in [-0.05, 0) is 25.0 Å². The number of carbonyl (C=O) groups excluding carboxylic acids is 1. The van der Waals surface area contributed by atoms with Crippen LogP contribution in [0.4, 0.5) is 0 Å². The van der Waals surface area contributed by atoms with Gasteiger partial charge in [-0.15, -0.1) is 11.3 Å². The monoisotopic (exact) mass is 301 g/mol. The van der Waals surface area contributed by atoms with Gasteiger partial charge in [-0.25, -0.2) is 4.98 Å². The third-order valence-corrected chi connectivity index (χ3v) is 4.67. The molecule has 1 saturated carbocycles. The third kappa shape index (κ3) is 3.88. The average Bonchev–Trinajstić information content (AvgIpc) is 3.17. The molecule has 1 amide bonds. The molecular weight excluding hydrogens is 282 g/mol. The smallest absolute Gasteiger partial charge is 0.220 e. The number of rotatable bonds is 5. The van der Waals surface area contributed by atoms with E-state index in [0.29, 0.717) is 18.9 Å². The molecule has 2 aromatic rings. The molecule has 5 heteroatoms. The molecule has 0 aliphatic heterocycles. The first-order valence-corrected chi connectivity index (χ1v) is 8.34. The Hall–Kier alpha value is -1.75. The average molecular weight is 301 g/mol. The number of pyridine rings is 1. The molecule has 21 heavy (non-hydrogen) atoms. The van der Waals surface area contributed by atoms with Gasteiger partial charge in [-0.3, -0.25) is 9.78 Å². The van der Waals surface area contributed by atoms with Gasteiger partial charge in [0.15, 0.2) is 0 Å². The molecule has 0 spiro atoms. The largest absolute Gasteiger partial charge is 0.353 e. The summed E-state index contributed by atoms with van der Waals surface area (Å²) >= 11 is 1.60. The van der Waals surface area contributed by atoms with Crippen molar-refractivity contribution < 1.29 is 4.79 Å². The van der Waals surface area contributed by atoms with Gasteiger partial charge in [-0.1, -0.05) is 18.9 Å². The van der Waals surface area contributed by atoms with Crippen LogP contribution in [0.15, 0.2) is 29.8 Å². The summed E-state index contributed by atoms with van der Waals surface area (Å²) in [5.41, 5.74) is 1.78. The van der Waals surface area contributed by atoms with Crippen molar-refractivity contribution in [1.29, 1.82) is 0 Å². The Labute approximate surface area is 128 Å². The molecule has 2 aromatic heterocycles. The van der Waals surface area contributed by atoms with E-state index < -0.39 is 0 Å². The van der Waals surface area contributed by atoms with Crippen LogP contribution in [-0.4, -0.2) is 21.9 Å². The minimum atomic E-state index is 0.150. The first kappa shape index (κ1) is 14.2. The first-order chi connectivity index (χ1) is 10.3. The fourth-order valence-electron chi connectivity index (χ4n) is 2.65. The van der Waals surface area contributed by atoms with E-state index in [9.17, 15) is 4.79 Å². The Balaban J connectivity index is 1.51. The standard InChI is InChI=1S/C16H19N3OS/c20-15(18-12-5-1-2-6-12)8-9-16-19-14(11-21-16)13-7-3-4-10-17-13/h3-4,7,10-12H,1-2,5-6,8-9H2,(H,18,20). The van der Waals surface area contributed by atoms with Crippen LogP contribution in [0.2, 0.25) is 0 Å². The highest BCUT2D eigenvalue weighted by Crippen LogP contribution is 2.21. The summed E-state index contributed by atoms with van der Waals surface area (Å²) in [6.45, 7) is 0. The Bertz CT molecular complexity index is 591. The zero-order valence-corrected chi connectivity index (χ0v) is 12.7. The number of hydrogen-bond donors (Lipinski definition) is 1. The van der Waals surface area contributed by atoms with Crippen LogP contribution in [0.1, 0.15) is 37.1 Å². The molecule has 1 fully saturated rings. The van der Waals surface area contributed by atoms with Gasteiger partial charge in [0.2, 0.25) is 5.91 Å². The summed E-state index contributed by atoms with van der Waals surface area (Å²) in [5.74, 6) is 0.150. The highest BCUT2D eigenvalue weighted by molar-refractivity contribution is 7.09. The number of nitrogens with zero attached hydrogens (tertiary/aromatic N) is 2. The second-order valence-corrected chi connectivity index (χ2v) is 6.33. The fourth-order valence-corrected chi connectivity index (χ4v) is 3.44. The molecule has 1 aliphatic carbocycles. The van der Waals surface area contributed by atoms with Gasteiger partial charge < -0.3 is 5.32 Å². The number of carbonyl (C=O) groups is 1. The van der Waals surface area contributed by atoms with Crippen molar-refractivity contribution >= 4 is 17.2 Å². The Kier molecular flexibility index (Phi) is 4.60. The molecule has 1 N–H and O–H groups in total. The fraction of sp³-hybridized carbons (Fsp3) is 0.438. The van der Waals surface area contributed by atoms with E-state index in [-0.39, 0.29) is 5.91 Å². The number of aromatic nitrogens is 2. The lowest BCUT2D eigenvalue weighted by atomic mass is 10.2. The maximum atomic E-state index is 11.9. The lowest BCUT2D eigenvalue weighted by Crippen LogP contribution is -2.32. The molecule has 0 saturated heterocycles. The van der Waals surface area contributed by atoms with E-state index in [0.717, 1.165) is 29.2 Å². The van der Waals surface area contributed by atoms with Gasteiger partial charge in [0.05, 0.1) is 16.4 Å². The molecule has 0 radical (unpaired) electrons. The lowest BCUT2D eigenvalue weighted by Gasteiger charge is -2.10. The van der Waals surface area contributed by atoms with Crippen molar-refractivity contribution in [3.63, 3.8) is 0 Å². The number of hydrogen-bond acceptors (Lipinski definition) is 4. The Morgan fingerprint density at radius 2 is 2.14 bits per heavy atom. The minimum absolute atomic E-state index is 0.150. The zero-order valence-electron chi connectivity index (χ0n) is 11.9. The van der Waals surface area contributed by atoms with Crippen LogP contribution < -0.4 is 5.32 Å². The SMILES string of the molecule is O=C(CCc1nc(-c2ccccn2)cs1)NC1CCCC1. The van der Waals surface area contributed by atoms with E-state index in [1.807, 2.05) is 23.6 Å². The van der Waals surface area contributed by atoms with Crippen LogP contribution in [-0.2, 0) is 11.2 Å². The summed E-state index contributed by atoms with van der Waals surface area (Å²) in [7, 11) is 0. The number of nitrogens with one attached hydrogen (secondary N) is 1. The van der Waals surface area contributed by atoms with Crippen LogP contribution in [0.5, 0.6) is 0 Å².